The maximum Gasteiger partial charge on any atom is 0.330 e. The standard InChI is InChI=1S/C20H17NO5/c1-13(22)26-21-18-10-6-5-8-16(18)15(11-12-19(23)25-2)14-7-3-4-9-17(14)20(21)24/h3-11H,12H2,1-2H3. The van der Waals surface area contributed by atoms with Gasteiger partial charge in [-0.25, -0.2) is 4.79 Å². The second-order valence-corrected chi connectivity index (χ2v) is 5.64. The molecule has 1 heterocycles. The van der Waals surface area contributed by atoms with E-state index in [0.29, 0.717) is 28.0 Å². The van der Waals surface area contributed by atoms with Gasteiger partial charge in [0, 0.05) is 12.5 Å². The van der Waals surface area contributed by atoms with Gasteiger partial charge in [-0.3, -0.25) is 9.59 Å². The first-order chi connectivity index (χ1) is 12.5. The molecule has 0 saturated heterocycles. The van der Waals surface area contributed by atoms with Crippen molar-refractivity contribution in [1.29, 1.82) is 0 Å². The molecule has 6 heteroatoms. The molecule has 6 nitrogen and oxygen atoms in total. The van der Waals surface area contributed by atoms with Crippen LogP contribution in [0, 0.1) is 0 Å². The Bertz CT molecular complexity index is 916. The molecule has 1 amide bonds. The van der Waals surface area contributed by atoms with Crippen LogP contribution < -0.4 is 5.06 Å². The molecule has 0 bridgehead atoms. The molecule has 1 aliphatic rings. The number of rotatable bonds is 3. The molecule has 0 radical (unpaired) electrons. The highest BCUT2D eigenvalue weighted by Crippen LogP contribution is 2.38. The van der Waals surface area contributed by atoms with E-state index in [4.69, 9.17) is 9.57 Å². The van der Waals surface area contributed by atoms with Gasteiger partial charge in [0.25, 0.3) is 5.91 Å². The van der Waals surface area contributed by atoms with Gasteiger partial charge < -0.3 is 9.57 Å². The highest BCUT2D eigenvalue weighted by Gasteiger charge is 2.31. The van der Waals surface area contributed by atoms with E-state index >= 15 is 0 Å². The van der Waals surface area contributed by atoms with Crippen molar-refractivity contribution < 1.29 is 24.0 Å². The van der Waals surface area contributed by atoms with Crippen molar-refractivity contribution in [2.24, 2.45) is 0 Å². The Morgan fingerprint density at radius 2 is 1.62 bits per heavy atom. The second kappa shape index (κ2) is 7.23. The monoisotopic (exact) mass is 351 g/mol. The number of para-hydroxylation sites is 1. The minimum absolute atomic E-state index is 0.0518. The van der Waals surface area contributed by atoms with Crippen molar-refractivity contribution in [2.45, 2.75) is 13.3 Å². The third kappa shape index (κ3) is 3.21. The number of nitrogens with zero attached hydrogens (tertiary/aromatic N) is 1. The van der Waals surface area contributed by atoms with E-state index in [1.807, 2.05) is 18.2 Å². The lowest BCUT2D eigenvalue weighted by Crippen LogP contribution is -2.32. The maximum atomic E-state index is 13.0. The highest BCUT2D eigenvalue weighted by atomic mass is 16.7. The lowest BCUT2D eigenvalue weighted by Gasteiger charge is -2.20. The van der Waals surface area contributed by atoms with Crippen molar-refractivity contribution in [3.8, 4) is 0 Å². The summed E-state index contributed by atoms with van der Waals surface area (Å²) in [6.07, 6.45) is 1.77. The summed E-state index contributed by atoms with van der Waals surface area (Å²) in [6.45, 7) is 1.24. The van der Waals surface area contributed by atoms with E-state index in [1.54, 1.807) is 36.4 Å². The zero-order valence-electron chi connectivity index (χ0n) is 14.4. The van der Waals surface area contributed by atoms with E-state index in [-0.39, 0.29) is 12.4 Å². The Morgan fingerprint density at radius 1 is 1.00 bits per heavy atom. The summed E-state index contributed by atoms with van der Waals surface area (Å²) in [5.74, 6) is -1.45. The van der Waals surface area contributed by atoms with Gasteiger partial charge in [0.15, 0.2) is 0 Å². The van der Waals surface area contributed by atoms with Gasteiger partial charge >= 0.3 is 11.9 Å². The van der Waals surface area contributed by atoms with Crippen LogP contribution in [0.25, 0.3) is 5.57 Å². The molecule has 0 atom stereocenters. The van der Waals surface area contributed by atoms with Crippen LogP contribution in [0.1, 0.15) is 34.8 Å². The average molecular weight is 351 g/mol. The van der Waals surface area contributed by atoms with E-state index in [0.717, 1.165) is 5.06 Å². The lowest BCUT2D eigenvalue weighted by atomic mass is 9.93. The highest BCUT2D eigenvalue weighted by molar-refractivity contribution is 6.13. The predicted molar refractivity (Wildman–Crippen MR) is 95.2 cm³/mol. The van der Waals surface area contributed by atoms with Gasteiger partial charge in [-0.1, -0.05) is 42.5 Å². The van der Waals surface area contributed by atoms with Crippen LogP contribution in [0.4, 0.5) is 5.69 Å². The molecule has 0 unspecified atom stereocenters. The molecule has 2 aromatic carbocycles. The third-order valence-electron chi connectivity index (χ3n) is 3.97. The Morgan fingerprint density at radius 3 is 2.27 bits per heavy atom. The number of carbonyl (C=O) groups excluding carboxylic acids is 3. The number of fused-ring (bicyclic) bond motifs is 2. The van der Waals surface area contributed by atoms with Gasteiger partial charge in [0.1, 0.15) is 0 Å². The van der Waals surface area contributed by atoms with Crippen molar-refractivity contribution in [3.05, 3.63) is 71.3 Å². The predicted octanol–water partition coefficient (Wildman–Crippen LogP) is 3.12. The van der Waals surface area contributed by atoms with Crippen LogP contribution in [0.2, 0.25) is 0 Å². The van der Waals surface area contributed by atoms with Crippen LogP contribution in [0.15, 0.2) is 54.6 Å². The van der Waals surface area contributed by atoms with Crippen LogP contribution in [-0.2, 0) is 19.2 Å². The number of methoxy groups -OCH3 is 1. The minimum atomic E-state index is -0.604. The number of hydrogen-bond acceptors (Lipinski definition) is 5. The molecule has 0 aromatic heterocycles. The largest absolute Gasteiger partial charge is 0.469 e. The second-order valence-electron chi connectivity index (χ2n) is 5.64. The SMILES string of the molecule is COC(=O)CC=C1c2ccccc2C(=O)N(OC(C)=O)c2ccccc21. The summed E-state index contributed by atoms with van der Waals surface area (Å²) in [7, 11) is 1.32. The molecule has 0 spiro atoms. The topological polar surface area (TPSA) is 72.9 Å². The Hall–Kier alpha value is -3.41. The molecule has 26 heavy (non-hydrogen) atoms. The Labute approximate surface area is 150 Å². The van der Waals surface area contributed by atoms with Gasteiger partial charge in [-0.05, 0) is 23.3 Å². The molecule has 1 aliphatic heterocycles. The van der Waals surface area contributed by atoms with Gasteiger partial charge in [0.05, 0.1) is 24.8 Å². The van der Waals surface area contributed by atoms with Gasteiger partial charge in [-0.15, -0.1) is 5.06 Å². The number of ether oxygens (including phenoxy) is 1. The number of esters is 1. The number of hydrogen-bond donors (Lipinski definition) is 0. The number of carbonyl (C=O) groups is 3. The molecule has 3 rings (SSSR count). The van der Waals surface area contributed by atoms with Crippen LogP contribution in [0.3, 0.4) is 0 Å². The van der Waals surface area contributed by atoms with Crippen LogP contribution >= 0.6 is 0 Å². The van der Waals surface area contributed by atoms with Crippen molar-refractivity contribution in [3.63, 3.8) is 0 Å². The van der Waals surface area contributed by atoms with Crippen molar-refractivity contribution >= 4 is 29.1 Å². The van der Waals surface area contributed by atoms with Gasteiger partial charge in [0.2, 0.25) is 0 Å². The Balaban J connectivity index is 2.25. The summed E-state index contributed by atoms with van der Waals surface area (Å²) in [6, 6.07) is 14.1. The fraction of sp³-hybridized carbons (Fsp3) is 0.150. The molecule has 0 fully saturated rings. The lowest BCUT2D eigenvalue weighted by molar-refractivity contribution is -0.141. The van der Waals surface area contributed by atoms with Crippen LogP contribution in [-0.4, -0.2) is 25.0 Å². The zero-order chi connectivity index (χ0) is 18.7. The van der Waals surface area contributed by atoms with Crippen molar-refractivity contribution in [1.82, 2.24) is 0 Å². The summed E-state index contributed by atoms with van der Waals surface area (Å²) in [5.41, 5.74) is 2.84. The maximum absolute atomic E-state index is 13.0. The van der Waals surface area contributed by atoms with E-state index in [1.165, 1.54) is 14.0 Å². The van der Waals surface area contributed by atoms with Gasteiger partial charge in [-0.2, -0.15) is 0 Å². The number of benzene rings is 2. The summed E-state index contributed by atoms with van der Waals surface area (Å²) in [5, 5.41) is 0.996. The smallest absolute Gasteiger partial charge is 0.330 e. The van der Waals surface area contributed by atoms with Crippen LogP contribution in [0.5, 0.6) is 0 Å². The molecular formula is C20H17NO5. The first-order valence-electron chi connectivity index (χ1n) is 8.01. The summed E-state index contributed by atoms with van der Waals surface area (Å²) < 4.78 is 4.71. The van der Waals surface area contributed by atoms with E-state index < -0.39 is 11.9 Å². The quantitative estimate of drug-likeness (QED) is 0.795. The molecule has 0 N–H and O–H groups in total. The number of anilines is 1. The summed E-state index contributed by atoms with van der Waals surface area (Å²) >= 11 is 0. The third-order valence-corrected chi connectivity index (χ3v) is 3.97. The summed E-state index contributed by atoms with van der Waals surface area (Å²) in [4.78, 5) is 41.4. The first-order valence-corrected chi connectivity index (χ1v) is 8.01. The molecule has 0 saturated carbocycles. The Kier molecular flexibility index (Phi) is 4.84. The molecule has 132 valence electrons. The fourth-order valence-electron chi connectivity index (χ4n) is 2.85. The zero-order valence-corrected chi connectivity index (χ0v) is 14.4. The molecule has 2 aromatic rings. The normalized spacial score (nSPS) is 14.3. The molecule has 0 aliphatic carbocycles. The fourth-order valence-corrected chi connectivity index (χ4v) is 2.85. The van der Waals surface area contributed by atoms with E-state index in [2.05, 4.69) is 0 Å². The average Bonchev–Trinajstić information content (AvgIpc) is 2.74. The van der Waals surface area contributed by atoms with E-state index in [9.17, 15) is 14.4 Å². The minimum Gasteiger partial charge on any atom is -0.469 e. The van der Waals surface area contributed by atoms with Crippen molar-refractivity contribution in [2.75, 3.05) is 12.2 Å². The first kappa shape index (κ1) is 17.4. The number of hydroxylamine groups is 1. The number of amides is 1. The molecular weight excluding hydrogens is 334 g/mol.